The van der Waals surface area contributed by atoms with Crippen LogP contribution < -0.4 is 4.90 Å². The average Bonchev–Trinajstić information content (AvgIpc) is 3.41. The third-order valence-corrected chi connectivity index (χ3v) is 6.63. The number of aromatic nitrogens is 2. The summed E-state index contributed by atoms with van der Waals surface area (Å²) in [5.74, 6) is 0.115. The Morgan fingerprint density at radius 2 is 1.97 bits per heavy atom. The zero-order valence-electron chi connectivity index (χ0n) is 17.6. The van der Waals surface area contributed by atoms with Crippen LogP contribution in [-0.2, 0) is 16.8 Å². The molecule has 0 aliphatic carbocycles. The van der Waals surface area contributed by atoms with E-state index in [0.29, 0.717) is 24.6 Å². The van der Waals surface area contributed by atoms with Gasteiger partial charge in [0.2, 0.25) is 17.7 Å². The Hall–Kier alpha value is -2.29. The molecule has 1 aliphatic heterocycles. The van der Waals surface area contributed by atoms with E-state index < -0.39 is 11.4 Å². The Morgan fingerprint density at radius 1 is 1.23 bits per heavy atom. The maximum atomic E-state index is 14.7. The Balaban J connectivity index is 0.00000272. The fourth-order valence-electron chi connectivity index (χ4n) is 4.22. The summed E-state index contributed by atoms with van der Waals surface area (Å²) in [6.07, 6.45) is 2.17. The van der Waals surface area contributed by atoms with Gasteiger partial charge in [-0.2, -0.15) is 0 Å². The number of anilines is 1. The van der Waals surface area contributed by atoms with Crippen LogP contribution in [0, 0.1) is 12.7 Å². The van der Waals surface area contributed by atoms with Gasteiger partial charge in [0.15, 0.2) is 0 Å². The number of para-hydroxylation sites is 1. The van der Waals surface area contributed by atoms with Crippen molar-refractivity contribution >= 4 is 35.3 Å². The molecule has 4 rings (SSSR count). The molecule has 0 unspecified atom stereocenters. The normalized spacial score (nSPS) is 16.0. The smallest absolute Gasteiger partial charge is 0.242 e. The number of aryl methyl sites for hydroxylation is 1. The van der Waals surface area contributed by atoms with Gasteiger partial charge in [0, 0.05) is 38.4 Å². The van der Waals surface area contributed by atoms with Crippen LogP contribution in [0.2, 0.25) is 0 Å². The standard InChI is InChI=1S/C22H25FN4O2S.ClH/c1-16-24-25-21(29-16)22(27(17(2)28)20-8-4-3-7-19(20)23)10-13-26(14-11-22)12-9-18-6-5-15-30-18;/h3-8,15H,9-14H2,1-2H3;1H. The minimum Gasteiger partial charge on any atom is -0.423 e. The summed E-state index contributed by atoms with van der Waals surface area (Å²) in [7, 11) is 0. The quantitative estimate of drug-likeness (QED) is 0.534. The average molecular weight is 465 g/mol. The molecule has 0 radical (unpaired) electrons. The number of rotatable bonds is 6. The number of carbonyl (C=O) groups excluding carboxylic acids is 1. The topological polar surface area (TPSA) is 62.5 Å². The first-order valence-corrected chi connectivity index (χ1v) is 11.0. The lowest BCUT2D eigenvalue weighted by Crippen LogP contribution is -2.56. The second-order valence-electron chi connectivity index (χ2n) is 7.63. The first kappa shape index (κ1) is 23.4. The van der Waals surface area contributed by atoms with Crippen molar-refractivity contribution in [2.24, 2.45) is 0 Å². The van der Waals surface area contributed by atoms with E-state index >= 15 is 0 Å². The van der Waals surface area contributed by atoms with Gasteiger partial charge in [0.05, 0.1) is 5.69 Å². The molecule has 1 aromatic carbocycles. The van der Waals surface area contributed by atoms with Gasteiger partial charge >= 0.3 is 0 Å². The van der Waals surface area contributed by atoms with Gasteiger partial charge in [0.1, 0.15) is 11.4 Å². The lowest BCUT2D eigenvalue weighted by atomic mass is 9.84. The van der Waals surface area contributed by atoms with Crippen LogP contribution in [0.1, 0.15) is 36.4 Å². The first-order valence-electron chi connectivity index (χ1n) is 10.1. The van der Waals surface area contributed by atoms with Gasteiger partial charge in [0.25, 0.3) is 0 Å². The highest BCUT2D eigenvalue weighted by Gasteiger charge is 2.48. The number of nitrogens with zero attached hydrogens (tertiary/aromatic N) is 4. The summed E-state index contributed by atoms with van der Waals surface area (Å²) in [6.45, 7) is 5.64. The van der Waals surface area contributed by atoms with Crippen molar-refractivity contribution in [3.63, 3.8) is 0 Å². The molecule has 6 nitrogen and oxygen atoms in total. The third kappa shape index (κ3) is 4.81. The minimum atomic E-state index is -0.866. The number of piperidine rings is 1. The van der Waals surface area contributed by atoms with E-state index in [2.05, 4.69) is 32.6 Å². The summed E-state index contributed by atoms with van der Waals surface area (Å²) in [5.41, 5.74) is -0.623. The minimum absolute atomic E-state index is 0. The van der Waals surface area contributed by atoms with Crippen molar-refractivity contribution in [3.8, 4) is 0 Å². The molecule has 3 aromatic rings. The van der Waals surface area contributed by atoms with E-state index in [4.69, 9.17) is 4.42 Å². The van der Waals surface area contributed by atoms with Crippen LogP contribution >= 0.6 is 23.7 Å². The zero-order chi connectivity index (χ0) is 21.1. The third-order valence-electron chi connectivity index (χ3n) is 5.70. The molecule has 0 spiro atoms. The molecule has 1 amide bonds. The van der Waals surface area contributed by atoms with E-state index in [9.17, 15) is 9.18 Å². The molecule has 31 heavy (non-hydrogen) atoms. The van der Waals surface area contributed by atoms with Gasteiger partial charge in [-0.25, -0.2) is 4.39 Å². The van der Waals surface area contributed by atoms with Crippen LogP contribution in [0.5, 0.6) is 0 Å². The van der Waals surface area contributed by atoms with Gasteiger partial charge in [-0.15, -0.1) is 33.9 Å². The Morgan fingerprint density at radius 3 is 2.55 bits per heavy atom. The van der Waals surface area contributed by atoms with Crippen LogP contribution in [0.3, 0.4) is 0 Å². The summed E-state index contributed by atoms with van der Waals surface area (Å²) in [5, 5.41) is 10.3. The molecule has 0 bridgehead atoms. The number of halogens is 2. The second kappa shape index (κ2) is 9.89. The summed E-state index contributed by atoms with van der Waals surface area (Å²) >= 11 is 1.76. The first-order chi connectivity index (χ1) is 14.5. The number of carbonyl (C=O) groups is 1. The predicted octanol–water partition coefficient (Wildman–Crippen LogP) is 4.59. The maximum absolute atomic E-state index is 14.7. The molecule has 1 fully saturated rings. The summed E-state index contributed by atoms with van der Waals surface area (Å²) < 4.78 is 20.5. The van der Waals surface area contributed by atoms with Crippen LogP contribution in [0.15, 0.2) is 46.2 Å². The van der Waals surface area contributed by atoms with Gasteiger partial charge < -0.3 is 9.32 Å². The fraction of sp³-hybridized carbons (Fsp3) is 0.409. The molecular formula is C22H26ClFN4O2S. The second-order valence-corrected chi connectivity index (χ2v) is 8.67. The van der Waals surface area contributed by atoms with Crippen LogP contribution in [-0.4, -0.2) is 40.6 Å². The Bertz CT molecular complexity index is 1000. The van der Waals surface area contributed by atoms with Crippen molar-refractivity contribution in [1.29, 1.82) is 0 Å². The molecule has 2 aromatic heterocycles. The molecule has 1 aliphatic rings. The van der Waals surface area contributed by atoms with Crippen molar-refractivity contribution in [2.45, 2.75) is 38.6 Å². The highest BCUT2D eigenvalue weighted by Crippen LogP contribution is 2.42. The molecule has 0 atom stereocenters. The largest absolute Gasteiger partial charge is 0.423 e. The van der Waals surface area contributed by atoms with E-state index in [1.165, 1.54) is 22.8 Å². The van der Waals surface area contributed by atoms with E-state index in [-0.39, 0.29) is 24.0 Å². The highest BCUT2D eigenvalue weighted by atomic mass is 35.5. The van der Waals surface area contributed by atoms with Gasteiger partial charge in [-0.05, 0) is 42.8 Å². The molecule has 3 heterocycles. The van der Waals surface area contributed by atoms with Crippen LogP contribution in [0.25, 0.3) is 0 Å². The Kier molecular flexibility index (Phi) is 7.46. The highest BCUT2D eigenvalue weighted by molar-refractivity contribution is 7.09. The molecule has 9 heteroatoms. The maximum Gasteiger partial charge on any atom is 0.242 e. The molecule has 1 saturated heterocycles. The van der Waals surface area contributed by atoms with Gasteiger partial charge in [-0.3, -0.25) is 9.69 Å². The summed E-state index contributed by atoms with van der Waals surface area (Å²) in [6, 6.07) is 10.6. The monoisotopic (exact) mass is 464 g/mol. The lowest BCUT2D eigenvalue weighted by Gasteiger charge is -2.46. The molecule has 0 N–H and O–H groups in total. The number of benzene rings is 1. The van der Waals surface area contributed by atoms with E-state index in [1.54, 1.807) is 36.5 Å². The van der Waals surface area contributed by atoms with Crippen molar-refractivity contribution in [2.75, 3.05) is 24.5 Å². The van der Waals surface area contributed by atoms with Crippen molar-refractivity contribution in [1.82, 2.24) is 15.1 Å². The van der Waals surface area contributed by atoms with Crippen molar-refractivity contribution in [3.05, 3.63) is 64.3 Å². The zero-order valence-corrected chi connectivity index (χ0v) is 19.2. The molecular weight excluding hydrogens is 439 g/mol. The Labute approximate surface area is 191 Å². The lowest BCUT2D eigenvalue weighted by molar-refractivity contribution is -0.118. The number of amides is 1. The number of likely N-dealkylation sites (tertiary alicyclic amines) is 1. The molecule has 0 saturated carbocycles. The van der Waals surface area contributed by atoms with Crippen molar-refractivity contribution < 1.29 is 13.6 Å². The number of thiophene rings is 1. The SMILES string of the molecule is CC(=O)N(c1ccccc1F)C1(c2nnc(C)o2)CCN(CCc2cccs2)CC1.Cl. The predicted molar refractivity (Wildman–Crippen MR) is 121 cm³/mol. The summed E-state index contributed by atoms with van der Waals surface area (Å²) in [4.78, 5) is 18.1. The fourth-order valence-corrected chi connectivity index (χ4v) is 4.92. The van der Waals surface area contributed by atoms with Crippen LogP contribution in [0.4, 0.5) is 10.1 Å². The molecule has 166 valence electrons. The van der Waals surface area contributed by atoms with E-state index in [0.717, 1.165) is 26.1 Å². The van der Waals surface area contributed by atoms with Gasteiger partial charge in [-0.1, -0.05) is 18.2 Å². The number of hydrogen-bond donors (Lipinski definition) is 0. The number of hydrogen-bond acceptors (Lipinski definition) is 6. The van der Waals surface area contributed by atoms with E-state index in [1.807, 2.05) is 0 Å².